The van der Waals surface area contributed by atoms with E-state index in [-0.39, 0.29) is 48.1 Å². The lowest BCUT2D eigenvalue weighted by Crippen LogP contribution is -2.54. The SMILES string of the molecule is O=C(CN1c2ccc(F)c(Cl)c2C2(CCN(C(=O)c3ccc4[nH]ncc4c3)CC2)C1O)N1CC(F)(F)C(F)(F)C1. The van der Waals surface area contributed by atoms with Crippen LogP contribution in [0.3, 0.4) is 0 Å². The van der Waals surface area contributed by atoms with Gasteiger partial charge in [0.15, 0.2) is 0 Å². The van der Waals surface area contributed by atoms with Crippen LogP contribution in [0.2, 0.25) is 5.02 Å². The van der Waals surface area contributed by atoms with E-state index in [4.69, 9.17) is 11.6 Å². The molecule has 3 aliphatic heterocycles. The van der Waals surface area contributed by atoms with Crippen LogP contribution in [0.5, 0.6) is 0 Å². The first-order valence-electron chi connectivity index (χ1n) is 12.5. The van der Waals surface area contributed by atoms with Crippen molar-refractivity contribution < 1.29 is 36.6 Å². The number of piperidine rings is 1. The molecule has 2 fully saturated rings. The van der Waals surface area contributed by atoms with Crippen molar-refractivity contribution in [2.75, 3.05) is 37.6 Å². The van der Waals surface area contributed by atoms with Crippen LogP contribution in [0.25, 0.3) is 10.9 Å². The topological polar surface area (TPSA) is 92.8 Å². The number of halogens is 6. The number of aliphatic hydroxyl groups is 1. The number of nitrogens with one attached hydrogen (secondary N) is 1. The van der Waals surface area contributed by atoms with Crippen molar-refractivity contribution in [1.82, 2.24) is 20.0 Å². The number of carbonyl (C=O) groups is 2. The summed E-state index contributed by atoms with van der Waals surface area (Å²) in [5.41, 5.74) is 0.452. The molecule has 1 aromatic heterocycles. The number of rotatable bonds is 3. The molecule has 8 nitrogen and oxygen atoms in total. The van der Waals surface area contributed by atoms with Crippen LogP contribution in [0.1, 0.15) is 28.8 Å². The van der Waals surface area contributed by atoms with Gasteiger partial charge in [0, 0.05) is 40.7 Å². The number of amides is 2. The molecule has 212 valence electrons. The van der Waals surface area contributed by atoms with Crippen molar-refractivity contribution in [3.8, 4) is 0 Å². The summed E-state index contributed by atoms with van der Waals surface area (Å²) in [6.07, 6.45) is 0.442. The Labute approximate surface area is 229 Å². The highest BCUT2D eigenvalue weighted by molar-refractivity contribution is 6.32. The number of aromatic amines is 1. The molecule has 4 heterocycles. The van der Waals surface area contributed by atoms with Gasteiger partial charge in [-0.05, 0) is 43.2 Å². The Morgan fingerprint density at radius 3 is 2.40 bits per heavy atom. The van der Waals surface area contributed by atoms with Gasteiger partial charge in [-0.2, -0.15) is 22.7 Å². The van der Waals surface area contributed by atoms with Crippen LogP contribution in [-0.2, 0) is 10.2 Å². The highest BCUT2D eigenvalue weighted by Gasteiger charge is 2.64. The molecule has 0 bridgehead atoms. The number of benzene rings is 2. The molecule has 2 N–H and O–H groups in total. The molecule has 2 amide bonds. The van der Waals surface area contributed by atoms with Crippen molar-refractivity contribution in [2.45, 2.75) is 36.3 Å². The van der Waals surface area contributed by atoms with Crippen molar-refractivity contribution >= 4 is 40.0 Å². The van der Waals surface area contributed by atoms with Crippen molar-refractivity contribution in [1.29, 1.82) is 0 Å². The number of carbonyl (C=O) groups excluding carboxylic acids is 2. The largest absolute Gasteiger partial charge is 0.373 e. The van der Waals surface area contributed by atoms with E-state index < -0.39 is 54.8 Å². The highest BCUT2D eigenvalue weighted by Crippen LogP contribution is 2.53. The average Bonchev–Trinajstić information content (AvgIpc) is 3.54. The number of aliphatic hydroxyl groups excluding tert-OH is 1. The second-order valence-corrected chi connectivity index (χ2v) is 10.9. The Kier molecular flexibility index (Phi) is 6.04. The van der Waals surface area contributed by atoms with Crippen LogP contribution in [0.15, 0.2) is 36.5 Å². The smallest absolute Gasteiger partial charge is 0.329 e. The number of aromatic nitrogens is 2. The zero-order chi connectivity index (χ0) is 28.6. The van der Waals surface area contributed by atoms with Crippen molar-refractivity contribution in [3.63, 3.8) is 0 Å². The van der Waals surface area contributed by atoms with E-state index in [0.29, 0.717) is 10.5 Å². The van der Waals surface area contributed by atoms with E-state index in [2.05, 4.69) is 10.2 Å². The van der Waals surface area contributed by atoms with E-state index in [1.165, 1.54) is 11.0 Å². The third kappa shape index (κ3) is 3.92. The summed E-state index contributed by atoms with van der Waals surface area (Å²) in [7, 11) is 0. The number of likely N-dealkylation sites (tertiary alicyclic amines) is 2. The number of alkyl halides is 4. The molecule has 1 spiro atoms. The summed E-state index contributed by atoms with van der Waals surface area (Å²) in [6, 6.07) is 7.47. The number of hydrogen-bond acceptors (Lipinski definition) is 5. The molecule has 2 aromatic carbocycles. The van der Waals surface area contributed by atoms with E-state index in [0.717, 1.165) is 17.0 Å². The molecule has 1 atom stereocenters. The quantitative estimate of drug-likeness (QED) is 0.458. The number of fused-ring (bicyclic) bond motifs is 3. The first kappa shape index (κ1) is 26.8. The minimum Gasteiger partial charge on any atom is -0.373 e. The summed E-state index contributed by atoms with van der Waals surface area (Å²) in [4.78, 5) is 29.2. The number of anilines is 1. The van der Waals surface area contributed by atoms with E-state index >= 15 is 0 Å². The normalized spacial score (nSPS) is 22.8. The number of H-pyrrole nitrogens is 1. The molecule has 3 aliphatic rings. The highest BCUT2D eigenvalue weighted by atomic mass is 35.5. The fraction of sp³-hybridized carbons (Fsp3) is 0.423. The molecule has 6 rings (SSSR count). The Morgan fingerprint density at radius 2 is 1.73 bits per heavy atom. The second kappa shape index (κ2) is 9.03. The zero-order valence-electron chi connectivity index (χ0n) is 20.8. The van der Waals surface area contributed by atoms with Crippen molar-refractivity contribution in [2.24, 2.45) is 0 Å². The Bertz CT molecular complexity index is 1510. The first-order chi connectivity index (χ1) is 18.8. The minimum atomic E-state index is -4.38. The molecular formula is C26H23ClF5N5O3. The lowest BCUT2D eigenvalue weighted by Gasteiger charge is -2.43. The van der Waals surface area contributed by atoms with E-state index in [9.17, 15) is 36.6 Å². The maximum Gasteiger partial charge on any atom is 0.329 e. The second-order valence-electron chi connectivity index (χ2n) is 10.5. The third-order valence-electron chi connectivity index (χ3n) is 8.27. The summed E-state index contributed by atoms with van der Waals surface area (Å²) in [5, 5.41) is 18.8. The van der Waals surface area contributed by atoms with Gasteiger partial charge in [0.25, 0.3) is 5.91 Å². The van der Waals surface area contributed by atoms with Crippen LogP contribution < -0.4 is 4.90 Å². The van der Waals surface area contributed by atoms with Crippen LogP contribution in [-0.4, -0.2) is 87.7 Å². The zero-order valence-corrected chi connectivity index (χ0v) is 21.6. The van der Waals surface area contributed by atoms with Crippen LogP contribution in [0, 0.1) is 5.82 Å². The fourth-order valence-electron chi connectivity index (χ4n) is 6.05. The lowest BCUT2D eigenvalue weighted by atomic mass is 9.72. The molecule has 0 aliphatic carbocycles. The first-order valence-corrected chi connectivity index (χ1v) is 12.9. The van der Waals surface area contributed by atoms with Crippen molar-refractivity contribution in [3.05, 3.63) is 58.5 Å². The summed E-state index contributed by atoms with van der Waals surface area (Å²) >= 11 is 6.37. The molecule has 0 saturated carbocycles. The minimum absolute atomic E-state index is 0.147. The van der Waals surface area contributed by atoms with Gasteiger partial charge in [-0.15, -0.1) is 0 Å². The Balaban J connectivity index is 1.25. The van der Waals surface area contributed by atoms with E-state index in [1.807, 2.05) is 0 Å². The van der Waals surface area contributed by atoms with Gasteiger partial charge in [0.05, 0.1) is 36.4 Å². The molecule has 3 aromatic rings. The van der Waals surface area contributed by atoms with Gasteiger partial charge in [-0.3, -0.25) is 14.7 Å². The van der Waals surface area contributed by atoms with Gasteiger partial charge in [0.1, 0.15) is 12.0 Å². The van der Waals surface area contributed by atoms with Gasteiger partial charge in [0.2, 0.25) is 5.91 Å². The average molecular weight is 584 g/mol. The van der Waals surface area contributed by atoms with Gasteiger partial charge in [-0.1, -0.05) is 11.6 Å². The fourth-order valence-corrected chi connectivity index (χ4v) is 6.40. The molecular weight excluding hydrogens is 561 g/mol. The monoisotopic (exact) mass is 583 g/mol. The number of hydrogen-bond donors (Lipinski definition) is 2. The Morgan fingerprint density at radius 1 is 1.05 bits per heavy atom. The summed E-state index contributed by atoms with van der Waals surface area (Å²) in [6.45, 7) is -3.27. The summed E-state index contributed by atoms with van der Waals surface area (Å²) in [5.74, 6) is -10.8. The molecule has 14 heteroatoms. The standard InChI is InChI=1S/C26H23ClF5N5O3/c27-21-16(28)2-4-18-20(21)24(23(40)37(18)11-19(38)36-12-25(29,30)26(31,32)13-36)5-7-35(8-6-24)22(39)14-1-3-17-15(9-14)10-33-34-17/h1-4,9-10,23,40H,5-8,11-13H2,(H,33,34). The number of nitrogens with zero attached hydrogens (tertiary/aromatic N) is 4. The molecule has 40 heavy (non-hydrogen) atoms. The Hall–Kier alpha value is -3.45. The maximum absolute atomic E-state index is 14.6. The third-order valence-corrected chi connectivity index (χ3v) is 8.64. The maximum atomic E-state index is 14.6. The summed E-state index contributed by atoms with van der Waals surface area (Å²) < 4.78 is 69.5. The molecule has 2 saturated heterocycles. The van der Waals surface area contributed by atoms with Crippen LogP contribution >= 0.6 is 11.6 Å². The van der Waals surface area contributed by atoms with E-state index in [1.54, 1.807) is 29.3 Å². The predicted octanol–water partition coefficient (Wildman–Crippen LogP) is 3.78. The van der Waals surface area contributed by atoms with Gasteiger partial charge < -0.3 is 19.8 Å². The lowest BCUT2D eigenvalue weighted by molar-refractivity contribution is -0.172. The predicted molar refractivity (Wildman–Crippen MR) is 134 cm³/mol. The van der Waals surface area contributed by atoms with Gasteiger partial charge >= 0.3 is 11.8 Å². The molecule has 1 unspecified atom stereocenters. The molecule has 0 radical (unpaired) electrons. The van der Waals surface area contributed by atoms with Crippen LogP contribution in [0.4, 0.5) is 27.6 Å². The van der Waals surface area contributed by atoms with Gasteiger partial charge in [-0.25, -0.2) is 4.39 Å².